The molecule has 72 valence electrons. The molecular formula is C9H11BN2OS. The van der Waals surface area contributed by atoms with Gasteiger partial charge in [0.2, 0.25) is 0 Å². The fourth-order valence-corrected chi connectivity index (χ4v) is 2.25. The van der Waals surface area contributed by atoms with Crippen LogP contribution in [0.1, 0.15) is 24.1 Å². The highest BCUT2D eigenvalue weighted by molar-refractivity contribution is 7.15. The lowest BCUT2D eigenvalue weighted by molar-refractivity contribution is 0.941. The average Bonchev–Trinajstić information content (AvgIpc) is 2.48. The van der Waals surface area contributed by atoms with Gasteiger partial charge in [-0.05, 0) is 12.7 Å². The molecule has 0 radical (unpaired) electrons. The van der Waals surface area contributed by atoms with Crippen molar-refractivity contribution >= 4 is 24.1 Å². The van der Waals surface area contributed by atoms with Gasteiger partial charge in [0.1, 0.15) is 7.85 Å². The van der Waals surface area contributed by atoms with Crippen molar-refractivity contribution in [2.75, 3.05) is 0 Å². The van der Waals surface area contributed by atoms with E-state index in [-0.39, 0.29) is 5.56 Å². The second-order valence-corrected chi connectivity index (χ2v) is 4.51. The van der Waals surface area contributed by atoms with Gasteiger partial charge in [-0.15, -0.1) is 11.3 Å². The van der Waals surface area contributed by atoms with Gasteiger partial charge in [-0.25, -0.2) is 4.98 Å². The predicted molar refractivity (Wildman–Crippen MR) is 61.0 cm³/mol. The van der Waals surface area contributed by atoms with Crippen molar-refractivity contribution in [3.8, 4) is 0 Å². The second kappa shape index (κ2) is 3.24. The third-order valence-corrected chi connectivity index (χ3v) is 3.13. The number of thiazole rings is 1. The maximum atomic E-state index is 11.7. The van der Waals surface area contributed by atoms with Gasteiger partial charge in [0.15, 0.2) is 4.96 Å². The van der Waals surface area contributed by atoms with Gasteiger partial charge in [0.25, 0.3) is 5.56 Å². The molecule has 0 spiro atoms. The largest absolute Gasteiger partial charge is 0.269 e. The van der Waals surface area contributed by atoms with E-state index in [1.807, 2.05) is 27.1 Å². The zero-order chi connectivity index (χ0) is 10.3. The normalized spacial score (nSPS) is 13.3. The number of hydrogen-bond donors (Lipinski definition) is 0. The minimum Gasteiger partial charge on any atom is -0.269 e. The number of aromatic nitrogens is 2. The molecule has 3 nitrogen and oxygen atoms in total. The highest BCUT2D eigenvalue weighted by Crippen LogP contribution is 2.14. The van der Waals surface area contributed by atoms with Gasteiger partial charge in [-0.1, -0.05) is 6.92 Å². The van der Waals surface area contributed by atoms with Crippen molar-refractivity contribution in [1.29, 1.82) is 0 Å². The molecule has 5 heteroatoms. The summed E-state index contributed by atoms with van der Waals surface area (Å²) in [5.74, 6) is 0.301. The minimum atomic E-state index is 0.0254. The molecule has 0 saturated carbocycles. The van der Waals surface area contributed by atoms with E-state index in [2.05, 4.69) is 4.98 Å². The quantitative estimate of drug-likeness (QED) is 0.645. The van der Waals surface area contributed by atoms with Gasteiger partial charge in [0.05, 0.1) is 0 Å². The lowest BCUT2D eigenvalue weighted by atomic mass is 9.86. The van der Waals surface area contributed by atoms with Crippen LogP contribution in [0.2, 0.25) is 0 Å². The molecule has 2 heterocycles. The Morgan fingerprint density at radius 3 is 3.00 bits per heavy atom. The standard InChI is InChI=1S/C9H11BN2OS/c1-5-4-14-9-11-7(6(2)10)3-8(13)12(5)9/h3-4,6H,10H2,1-2H3. The molecule has 1 unspecified atom stereocenters. The Bertz CT molecular complexity index is 529. The van der Waals surface area contributed by atoms with Crippen LogP contribution in [0.3, 0.4) is 0 Å². The summed E-state index contributed by atoms with van der Waals surface area (Å²) in [6.07, 6.45) is 0. The smallest absolute Gasteiger partial charge is 0.258 e. The molecule has 14 heavy (non-hydrogen) atoms. The molecule has 0 fully saturated rings. The topological polar surface area (TPSA) is 34.4 Å². The van der Waals surface area contributed by atoms with Crippen molar-refractivity contribution in [2.24, 2.45) is 0 Å². The highest BCUT2D eigenvalue weighted by Gasteiger charge is 2.08. The molecule has 0 aliphatic carbocycles. The van der Waals surface area contributed by atoms with Crippen LogP contribution in [0.15, 0.2) is 16.2 Å². The molecule has 1 atom stereocenters. The summed E-state index contributed by atoms with van der Waals surface area (Å²) in [6.45, 7) is 3.96. The molecule has 0 aliphatic rings. The van der Waals surface area contributed by atoms with Crippen LogP contribution < -0.4 is 5.56 Å². The molecule has 0 bridgehead atoms. The molecule has 0 saturated heterocycles. The van der Waals surface area contributed by atoms with E-state index in [4.69, 9.17) is 0 Å². The average molecular weight is 206 g/mol. The van der Waals surface area contributed by atoms with Crippen molar-refractivity contribution in [3.63, 3.8) is 0 Å². The summed E-state index contributed by atoms with van der Waals surface area (Å²) in [6, 6.07) is 1.62. The first-order chi connectivity index (χ1) is 6.59. The summed E-state index contributed by atoms with van der Waals surface area (Å²) in [5.41, 5.74) is 1.85. The van der Waals surface area contributed by atoms with E-state index < -0.39 is 0 Å². The van der Waals surface area contributed by atoms with Crippen molar-refractivity contribution in [2.45, 2.75) is 19.7 Å². The first kappa shape index (κ1) is 9.46. The molecule has 0 N–H and O–H groups in total. The molecular weight excluding hydrogens is 195 g/mol. The molecule has 0 aliphatic heterocycles. The van der Waals surface area contributed by atoms with Crippen LogP contribution >= 0.6 is 11.3 Å². The fraction of sp³-hybridized carbons (Fsp3) is 0.333. The maximum absolute atomic E-state index is 11.7. The zero-order valence-electron chi connectivity index (χ0n) is 8.44. The van der Waals surface area contributed by atoms with Crippen LogP contribution in [0, 0.1) is 6.92 Å². The third-order valence-electron chi connectivity index (χ3n) is 2.19. The number of rotatable bonds is 1. The molecule has 2 aromatic heterocycles. The first-order valence-corrected chi connectivity index (χ1v) is 5.45. The summed E-state index contributed by atoms with van der Waals surface area (Å²) in [7, 11) is 2.04. The third kappa shape index (κ3) is 1.37. The molecule has 2 rings (SSSR count). The molecule has 0 aromatic carbocycles. The van der Waals surface area contributed by atoms with E-state index in [1.165, 1.54) is 11.3 Å². The van der Waals surface area contributed by atoms with Crippen molar-refractivity contribution in [1.82, 2.24) is 9.38 Å². The van der Waals surface area contributed by atoms with Gasteiger partial charge in [0, 0.05) is 22.8 Å². The van der Waals surface area contributed by atoms with E-state index in [0.717, 1.165) is 16.3 Å². The Balaban J connectivity index is 2.81. The van der Waals surface area contributed by atoms with Crippen LogP contribution in [0.4, 0.5) is 0 Å². The lowest BCUT2D eigenvalue weighted by Crippen LogP contribution is -2.16. The Morgan fingerprint density at radius 2 is 2.36 bits per heavy atom. The van der Waals surface area contributed by atoms with E-state index in [1.54, 1.807) is 10.5 Å². The Labute approximate surface area is 86.8 Å². The Hall–Kier alpha value is -1.10. The van der Waals surface area contributed by atoms with Crippen LogP contribution in [0.5, 0.6) is 0 Å². The van der Waals surface area contributed by atoms with E-state index in [0.29, 0.717) is 5.82 Å². The van der Waals surface area contributed by atoms with E-state index in [9.17, 15) is 4.79 Å². The van der Waals surface area contributed by atoms with Crippen molar-refractivity contribution in [3.05, 3.63) is 33.2 Å². The van der Waals surface area contributed by atoms with Gasteiger partial charge < -0.3 is 0 Å². The summed E-state index contributed by atoms with van der Waals surface area (Å²) in [5, 5.41) is 1.95. The first-order valence-electron chi connectivity index (χ1n) is 4.57. The highest BCUT2D eigenvalue weighted by atomic mass is 32.1. The second-order valence-electron chi connectivity index (χ2n) is 3.67. The van der Waals surface area contributed by atoms with Crippen LogP contribution in [0.25, 0.3) is 4.96 Å². The Morgan fingerprint density at radius 1 is 1.64 bits per heavy atom. The molecule has 2 aromatic rings. The van der Waals surface area contributed by atoms with Crippen molar-refractivity contribution < 1.29 is 0 Å². The van der Waals surface area contributed by atoms with Crippen LogP contribution in [-0.4, -0.2) is 17.2 Å². The fourth-order valence-electron chi connectivity index (χ4n) is 1.37. The summed E-state index contributed by atoms with van der Waals surface area (Å²) in [4.78, 5) is 16.9. The number of hydrogen-bond acceptors (Lipinski definition) is 3. The monoisotopic (exact) mass is 206 g/mol. The predicted octanol–water partition coefficient (Wildman–Crippen LogP) is 0.759. The summed E-state index contributed by atoms with van der Waals surface area (Å²) >= 11 is 1.51. The molecule has 0 amide bonds. The summed E-state index contributed by atoms with van der Waals surface area (Å²) < 4.78 is 1.65. The lowest BCUT2D eigenvalue weighted by Gasteiger charge is -2.03. The van der Waals surface area contributed by atoms with Gasteiger partial charge >= 0.3 is 0 Å². The number of aryl methyl sites for hydroxylation is 1. The van der Waals surface area contributed by atoms with Gasteiger partial charge in [-0.3, -0.25) is 9.20 Å². The Kier molecular flexibility index (Phi) is 2.19. The van der Waals surface area contributed by atoms with E-state index >= 15 is 0 Å². The van der Waals surface area contributed by atoms with Gasteiger partial charge in [-0.2, -0.15) is 0 Å². The number of fused-ring (bicyclic) bond motifs is 1. The number of nitrogens with zero attached hydrogens (tertiary/aromatic N) is 2. The zero-order valence-corrected chi connectivity index (χ0v) is 9.26. The SMILES string of the molecule is BC(C)c1cc(=O)n2c(C)csc2n1. The minimum absolute atomic E-state index is 0.0254. The van der Waals surface area contributed by atoms with Crippen LogP contribution in [-0.2, 0) is 0 Å². The maximum Gasteiger partial charge on any atom is 0.258 e.